The van der Waals surface area contributed by atoms with Crippen molar-refractivity contribution in [3.63, 3.8) is 0 Å². The Morgan fingerprint density at radius 3 is 2.62 bits per heavy atom. The summed E-state index contributed by atoms with van der Waals surface area (Å²) in [5, 5.41) is 3.40. The summed E-state index contributed by atoms with van der Waals surface area (Å²) in [6.45, 7) is 4.11. The highest BCUT2D eigenvalue weighted by Crippen LogP contribution is 2.28. The Bertz CT molecular complexity index is 540. The molecule has 1 aromatic heterocycles. The van der Waals surface area contributed by atoms with E-state index in [0.29, 0.717) is 0 Å². The molecular weight excluding hydrogens is 260 g/mol. The van der Waals surface area contributed by atoms with E-state index in [0.717, 1.165) is 18.6 Å². The Balaban J connectivity index is 2.10. The van der Waals surface area contributed by atoms with Gasteiger partial charge in [0.25, 0.3) is 0 Å². The summed E-state index contributed by atoms with van der Waals surface area (Å²) < 4.78 is 5.93. The molecule has 0 radical (unpaired) electrons. The minimum atomic E-state index is 0.182. The van der Waals surface area contributed by atoms with Crippen LogP contribution in [0.2, 0.25) is 0 Å². The van der Waals surface area contributed by atoms with Gasteiger partial charge in [0.1, 0.15) is 5.75 Å². The lowest BCUT2D eigenvalue weighted by molar-refractivity contribution is 0.237. The molecule has 1 heterocycles. The number of ether oxygens (including phenoxy) is 1. The van der Waals surface area contributed by atoms with E-state index in [1.165, 1.54) is 11.1 Å². The molecular formula is C18H24N2O. The molecule has 2 aromatic rings. The van der Waals surface area contributed by atoms with Gasteiger partial charge in [0.05, 0.1) is 6.10 Å². The third kappa shape index (κ3) is 4.57. The van der Waals surface area contributed by atoms with E-state index in [4.69, 9.17) is 4.74 Å². The first kappa shape index (κ1) is 15.5. The molecule has 1 aromatic carbocycles. The number of pyridine rings is 1. The minimum Gasteiger partial charge on any atom is -0.491 e. The van der Waals surface area contributed by atoms with E-state index >= 15 is 0 Å². The number of benzene rings is 1. The first-order chi connectivity index (χ1) is 10.2. The lowest BCUT2D eigenvalue weighted by Gasteiger charge is -2.21. The fraction of sp³-hybridized carbons (Fsp3) is 0.389. The van der Waals surface area contributed by atoms with Gasteiger partial charge in [-0.25, -0.2) is 0 Å². The zero-order valence-corrected chi connectivity index (χ0v) is 13.0. The maximum Gasteiger partial charge on any atom is 0.124 e. The number of rotatable bonds is 7. The molecule has 0 fully saturated rings. The quantitative estimate of drug-likeness (QED) is 0.840. The molecule has 1 atom stereocenters. The third-order valence-electron chi connectivity index (χ3n) is 3.45. The van der Waals surface area contributed by atoms with Crippen LogP contribution in [-0.4, -0.2) is 18.1 Å². The molecule has 3 heteroatoms. The van der Waals surface area contributed by atoms with E-state index in [2.05, 4.69) is 42.3 Å². The highest BCUT2D eigenvalue weighted by molar-refractivity contribution is 5.36. The number of hydrogen-bond acceptors (Lipinski definition) is 3. The van der Waals surface area contributed by atoms with Crippen molar-refractivity contribution in [2.75, 3.05) is 7.05 Å². The second-order valence-corrected chi connectivity index (χ2v) is 5.45. The molecule has 112 valence electrons. The van der Waals surface area contributed by atoms with Crippen LogP contribution in [0.3, 0.4) is 0 Å². The van der Waals surface area contributed by atoms with Gasteiger partial charge in [0.15, 0.2) is 0 Å². The number of nitrogens with one attached hydrogen (secondary N) is 1. The first-order valence-electron chi connectivity index (χ1n) is 7.52. The summed E-state index contributed by atoms with van der Waals surface area (Å²) in [6, 6.07) is 12.7. The fourth-order valence-electron chi connectivity index (χ4n) is 2.44. The summed E-state index contributed by atoms with van der Waals surface area (Å²) in [7, 11) is 2.00. The van der Waals surface area contributed by atoms with Crippen LogP contribution in [0.4, 0.5) is 0 Å². The highest BCUT2D eigenvalue weighted by atomic mass is 16.5. The van der Waals surface area contributed by atoms with Gasteiger partial charge < -0.3 is 10.1 Å². The number of aromatic nitrogens is 1. The molecule has 0 bridgehead atoms. The van der Waals surface area contributed by atoms with E-state index in [-0.39, 0.29) is 12.1 Å². The van der Waals surface area contributed by atoms with Gasteiger partial charge in [0.2, 0.25) is 0 Å². The van der Waals surface area contributed by atoms with Gasteiger partial charge in [-0.15, -0.1) is 0 Å². The molecule has 3 nitrogen and oxygen atoms in total. The number of nitrogens with zero attached hydrogens (tertiary/aromatic N) is 1. The smallest absolute Gasteiger partial charge is 0.124 e. The Morgan fingerprint density at radius 1 is 1.14 bits per heavy atom. The van der Waals surface area contributed by atoms with Crippen LogP contribution in [0.5, 0.6) is 5.75 Å². The van der Waals surface area contributed by atoms with Crippen molar-refractivity contribution >= 4 is 0 Å². The Labute approximate surface area is 127 Å². The second-order valence-electron chi connectivity index (χ2n) is 5.45. The van der Waals surface area contributed by atoms with Gasteiger partial charge >= 0.3 is 0 Å². The fourth-order valence-corrected chi connectivity index (χ4v) is 2.44. The van der Waals surface area contributed by atoms with Gasteiger partial charge in [-0.1, -0.05) is 24.3 Å². The largest absolute Gasteiger partial charge is 0.491 e. The van der Waals surface area contributed by atoms with Crippen LogP contribution >= 0.6 is 0 Å². The first-order valence-corrected chi connectivity index (χ1v) is 7.52. The van der Waals surface area contributed by atoms with E-state index in [9.17, 15) is 0 Å². The zero-order valence-electron chi connectivity index (χ0n) is 13.0. The van der Waals surface area contributed by atoms with Crippen molar-refractivity contribution in [1.29, 1.82) is 0 Å². The van der Waals surface area contributed by atoms with Gasteiger partial charge in [-0.3, -0.25) is 4.98 Å². The van der Waals surface area contributed by atoms with Gasteiger partial charge in [-0.2, -0.15) is 0 Å². The van der Waals surface area contributed by atoms with Crippen LogP contribution in [0.1, 0.15) is 37.4 Å². The molecule has 21 heavy (non-hydrogen) atoms. The summed E-state index contributed by atoms with van der Waals surface area (Å²) in [5.41, 5.74) is 2.48. The molecule has 0 saturated heterocycles. The van der Waals surface area contributed by atoms with Crippen LogP contribution in [0, 0.1) is 0 Å². The van der Waals surface area contributed by atoms with Crippen LogP contribution in [-0.2, 0) is 6.42 Å². The van der Waals surface area contributed by atoms with Crippen LogP contribution in [0.25, 0.3) is 0 Å². The van der Waals surface area contributed by atoms with E-state index < -0.39 is 0 Å². The highest BCUT2D eigenvalue weighted by Gasteiger charge is 2.15. The van der Waals surface area contributed by atoms with Crippen molar-refractivity contribution in [3.05, 3.63) is 59.9 Å². The third-order valence-corrected chi connectivity index (χ3v) is 3.45. The van der Waals surface area contributed by atoms with E-state index in [1.54, 1.807) is 0 Å². The molecule has 0 aliphatic heterocycles. The topological polar surface area (TPSA) is 34.2 Å². The molecule has 1 unspecified atom stereocenters. The SMILES string of the molecule is CNC(CCc1cccnc1)c1ccccc1OC(C)C. The van der Waals surface area contributed by atoms with Crippen LogP contribution in [0.15, 0.2) is 48.8 Å². The number of para-hydroxylation sites is 1. The summed E-state index contributed by atoms with van der Waals surface area (Å²) in [5.74, 6) is 0.970. The average molecular weight is 284 g/mol. The lowest BCUT2D eigenvalue weighted by Crippen LogP contribution is -2.19. The Kier molecular flexibility index (Phi) is 5.76. The van der Waals surface area contributed by atoms with Crippen molar-refractivity contribution in [2.45, 2.75) is 38.8 Å². The molecule has 0 amide bonds. The van der Waals surface area contributed by atoms with E-state index in [1.807, 2.05) is 37.6 Å². The predicted molar refractivity (Wildman–Crippen MR) is 86.6 cm³/mol. The van der Waals surface area contributed by atoms with Crippen LogP contribution < -0.4 is 10.1 Å². The van der Waals surface area contributed by atoms with Gasteiger partial charge in [0, 0.05) is 24.0 Å². The van der Waals surface area contributed by atoms with Crippen molar-refractivity contribution in [2.24, 2.45) is 0 Å². The molecule has 0 aliphatic carbocycles. The molecule has 0 saturated carbocycles. The maximum absolute atomic E-state index is 5.93. The molecule has 0 aliphatic rings. The average Bonchev–Trinajstić information content (AvgIpc) is 2.50. The number of aryl methyl sites for hydroxylation is 1. The lowest BCUT2D eigenvalue weighted by atomic mass is 9.99. The summed E-state index contributed by atoms with van der Waals surface area (Å²) >= 11 is 0. The summed E-state index contributed by atoms with van der Waals surface area (Å²) in [6.07, 6.45) is 5.94. The second kappa shape index (κ2) is 7.79. The van der Waals surface area contributed by atoms with Gasteiger partial charge in [-0.05, 0) is 51.4 Å². The zero-order chi connectivity index (χ0) is 15.1. The Hall–Kier alpha value is -1.87. The standard InChI is InChI=1S/C18H24N2O/c1-14(2)21-18-9-5-4-8-16(18)17(19-3)11-10-15-7-6-12-20-13-15/h4-9,12-14,17,19H,10-11H2,1-3H3. The molecule has 1 N–H and O–H groups in total. The Morgan fingerprint density at radius 2 is 1.95 bits per heavy atom. The minimum absolute atomic E-state index is 0.182. The van der Waals surface area contributed by atoms with Crippen molar-refractivity contribution in [3.8, 4) is 5.75 Å². The summed E-state index contributed by atoms with van der Waals surface area (Å²) in [4.78, 5) is 4.17. The predicted octanol–water partition coefficient (Wildman–Crippen LogP) is 3.76. The maximum atomic E-state index is 5.93. The van der Waals surface area contributed by atoms with Crippen molar-refractivity contribution < 1.29 is 4.74 Å². The molecule has 2 rings (SSSR count). The number of hydrogen-bond donors (Lipinski definition) is 1. The molecule has 0 spiro atoms. The normalized spacial score (nSPS) is 12.4. The van der Waals surface area contributed by atoms with Crippen molar-refractivity contribution in [1.82, 2.24) is 10.3 Å². The monoisotopic (exact) mass is 284 g/mol.